The number of ether oxygens (including phenoxy) is 1. The lowest BCUT2D eigenvalue weighted by Gasteiger charge is -2.15. The maximum absolute atomic E-state index is 13.9. The van der Waals surface area contributed by atoms with Crippen LogP contribution in [0.4, 0.5) is 23.2 Å². The van der Waals surface area contributed by atoms with E-state index >= 15 is 0 Å². The molecule has 25 heavy (non-hydrogen) atoms. The molecule has 2 aromatic rings. The first-order valence-electron chi connectivity index (χ1n) is 7.58. The summed E-state index contributed by atoms with van der Waals surface area (Å²) in [5.74, 6) is -3.20. The van der Waals surface area contributed by atoms with Crippen molar-refractivity contribution in [1.29, 1.82) is 0 Å². The second kappa shape index (κ2) is 7.12. The highest BCUT2D eigenvalue weighted by Gasteiger charge is 2.39. The molecule has 1 amide bonds. The topological polar surface area (TPSA) is 56.1 Å². The normalized spacial score (nSPS) is 12.6. The predicted octanol–water partition coefficient (Wildman–Crippen LogP) is 3.99. The highest BCUT2D eigenvalue weighted by Crippen LogP contribution is 2.25. The van der Waals surface area contributed by atoms with Crippen LogP contribution in [0.15, 0.2) is 18.3 Å². The molecule has 0 aliphatic rings. The van der Waals surface area contributed by atoms with Gasteiger partial charge in [-0.15, -0.1) is 0 Å². The Morgan fingerprint density at radius 3 is 2.60 bits per heavy atom. The summed E-state index contributed by atoms with van der Waals surface area (Å²) in [5.41, 5.74) is -0.189. The molecule has 0 aliphatic heterocycles. The fourth-order valence-electron chi connectivity index (χ4n) is 2.02. The number of nitrogens with zero attached hydrogens (tertiary/aromatic N) is 2. The number of amides is 1. The van der Waals surface area contributed by atoms with Crippen LogP contribution >= 0.6 is 0 Å². The Balaban J connectivity index is 2.15. The molecule has 1 aromatic carbocycles. The molecular weight excluding hydrogens is 358 g/mol. The number of aromatic nitrogens is 2. The second-order valence-corrected chi connectivity index (χ2v) is 12.5. The van der Waals surface area contributed by atoms with Crippen molar-refractivity contribution < 1.29 is 27.1 Å². The molecule has 10 heteroatoms. The molecule has 0 aliphatic carbocycles. The van der Waals surface area contributed by atoms with Gasteiger partial charge in [0.15, 0.2) is 0 Å². The van der Waals surface area contributed by atoms with Gasteiger partial charge in [0.2, 0.25) is 0 Å². The van der Waals surface area contributed by atoms with Crippen molar-refractivity contribution in [2.24, 2.45) is 0 Å². The molecule has 1 aromatic heterocycles. The van der Waals surface area contributed by atoms with Gasteiger partial charge in [0, 0.05) is 20.1 Å². The van der Waals surface area contributed by atoms with Crippen molar-refractivity contribution in [3.63, 3.8) is 0 Å². The van der Waals surface area contributed by atoms with Crippen LogP contribution < -0.4 is 5.32 Å². The number of benzene rings is 1. The van der Waals surface area contributed by atoms with Crippen molar-refractivity contribution in [3.05, 3.63) is 24.1 Å². The van der Waals surface area contributed by atoms with E-state index in [0.717, 1.165) is 18.2 Å². The number of rotatable bonds is 6. The SMILES string of the molecule is C[Si](C)(C)CCOCn1ncc2cc(F)c(NC(=O)C(F)(F)F)cc21. The number of nitrogens with one attached hydrogen (secondary N) is 1. The number of hydrogen-bond acceptors (Lipinski definition) is 3. The molecule has 1 N–H and O–H groups in total. The Morgan fingerprint density at radius 1 is 1.32 bits per heavy atom. The van der Waals surface area contributed by atoms with Gasteiger partial charge in [0.05, 0.1) is 17.4 Å². The van der Waals surface area contributed by atoms with E-state index < -0.39 is 31.7 Å². The van der Waals surface area contributed by atoms with Crippen LogP contribution in [-0.2, 0) is 16.3 Å². The van der Waals surface area contributed by atoms with Gasteiger partial charge < -0.3 is 10.1 Å². The lowest BCUT2D eigenvalue weighted by molar-refractivity contribution is -0.167. The van der Waals surface area contributed by atoms with Crippen molar-refractivity contribution in [2.75, 3.05) is 11.9 Å². The molecule has 0 spiro atoms. The van der Waals surface area contributed by atoms with Crippen LogP contribution in [0.3, 0.4) is 0 Å². The highest BCUT2D eigenvalue weighted by atomic mass is 28.3. The maximum atomic E-state index is 13.9. The number of alkyl halides is 3. The quantitative estimate of drug-likeness (QED) is 0.471. The van der Waals surface area contributed by atoms with E-state index in [2.05, 4.69) is 24.7 Å². The third-order valence-corrected chi connectivity index (χ3v) is 5.15. The summed E-state index contributed by atoms with van der Waals surface area (Å²) in [7, 11) is -1.24. The van der Waals surface area contributed by atoms with Gasteiger partial charge in [0.1, 0.15) is 12.5 Å². The fraction of sp³-hybridized carbons (Fsp3) is 0.467. The molecular formula is C15H19F4N3O2Si. The van der Waals surface area contributed by atoms with E-state index in [9.17, 15) is 22.4 Å². The van der Waals surface area contributed by atoms with Crippen LogP contribution in [0.2, 0.25) is 25.7 Å². The van der Waals surface area contributed by atoms with Crippen LogP contribution in [-0.4, -0.2) is 36.5 Å². The molecule has 0 saturated heterocycles. The summed E-state index contributed by atoms with van der Waals surface area (Å²) in [5, 5.41) is 5.97. The second-order valence-electron chi connectivity index (χ2n) is 6.83. The summed E-state index contributed by atoms with van der Waals surface area (Å²) < 4.78 is 57.8. The lowest BCUT2D eigenvalue weighted by Crippen LogP contribution is -2.30. The maximum Gasteiger partial charge on any atom is 0.471 e. The monoisotopic (exact) mass is 377 g/mol. The third-order valence-electron chi connectivity index (χ3n) is 3.45. The molecule has 0 radical (unpaired) electrons. The minimum atomic E-state index is -5.10. The lowest BCUT2D eigenvalue weighted by atomic mass is 10.2. The number of halogens is 4. The minimum Gasteiger partial charge on any atom is -0.360 e. The zero-order valence-electron chi connectivity index (χ0n) is 14.1. The fourth-order valence-corrected chi connectivity index (χ4v) is 2.78. The minimum absolute atomic E-state index is 0.0896. The largest absolute Gasteiger partial charge is 0.471 e. The average Bonchev–Trinajstić information content (AvgIpc) is 2.84. The van der Waals surface area contributed by atoms with E-state index in [1.807, 2.05) is 0 Å². The molecule has 1 heterocycles. The van der Waals surface area contributed by atoms with E-state index in [0.29, 0.717) is 17.5 Å². The summed E-state index contributed by atoms with van der Waals surface area (Å²) >= 11 is 0. The van der Waals surface area contributed by atoms with Crippen LogP contribution in [0.1, 0.15) is 0 Å². The van der Waals surface area contributed by atoms with Crippen molar-refractivity contribution in [3.8, 4) is 0 Å². The van der Waals surface area contributed by atoms with Crippen LogP contribution in [0.5, 0.6) is 0 Å². The van der Waals surface area contributed by atoms with Gasteiger partial charge in [-0.05, 0) is 18.2 Å². The van der Waals surface area contributed by atoms with Crippen molar-refractivity contribution in [2.45, 2.75) is 38.6 Å². The first-order chi connectivity index (χ1) is 11.5. The first-order valence-corrected chi connectivity index (χ1v) is 11.3. The Kier molecular flexibility index (Phi) is 5.52. The molecule has 2 rings (SSSR count). The molecule has 0 unspecified atom stereocenters. The van der Waals surface area contributed by atoms with E-state index in [4.69, 9.17) is 4.74 Å². The third kappa shape index (κ3) is 5.26. The average molecular weight is 377 g/mol. The van der Waals surface area contributed by atoms with Gasteiger partial charge in [-0.1, -0.05) is 19.6 Å². The molecule has 5 nitrogen and oxygen atoms in total. The van der Waals surface area contributed by atoms with Crippen molar-refractivity contribution >= 4 is 30.6 Å². The molecule has 0 fully saturated rings. The molecule has 0 bridgehead atoms. The summed E-state index contributed by atoms with van der Waals surface area (Å²) in [6.45, 7) is 7.25. The number of anilines is 1. The number of hydrogen-bond donors (Lipinski definition) is 1. The van der Waals surface area contributed by atoms with Crippen LogP contribution in [0.25, 0.3) is 10.9 Å². The Labute approximate surface area is 143 Å². The highest BCUT2D eigenvalue weighted by molar-refractivity contribution is 6.76. The van der Waals surface area contributed by atoms with Gasteiger partial charge in [-0.25, -0.2) is 9.07 Å². The van der Waals surface area contributed by atoms with E-state index in [1.54, 1.807) is 0 Å². The van der Waals surface area contributed by atoms with E-state index in [-0.39, 0.29) is 6.73 Å². The van der Waals surface area contributed by atoms with E-state index in [1.165, 1.54) is 16.2 Å². The van der Waals surface area contributed by atoms with Gasteiger partial charge in [-0.3, -0.25) is 4.79 Å². The standard InChI is InChI=1S/C15H19F4N3O2Si/c1-25(2,3)5-4-24-9-22-13-7-12(21-14(23)15(17,18)19)11(16)6-10(13)8-20-22/h6-8H,4-5,9H2,1-3H3,(H,21,23). The van der Waals surface area contributed by atoms with Gasteiger partial charge >= 0.3 is 12.1 Å². The Bertz CT molecular complexity index is 768. The number of carbonyl (C=O) groups is 1. The summed E-state index contributed by atoms with van der Waals surface area (Å²) in [4.78, 5) is 11.0. The molecule has 0 atom stereocenters. The van der Waals surface area contributed by atoms with Crippen molar-refractivity contribution in [1.82, 2.24) is 9.78 Å². The first kappa shape index (κ1) is 19.4. The Hall–Kier alpha value is -1.94. The summed E-state index contributed by atoms with van der Waals surface area (Å²) in [6.07, 6.45) is -3.71. The number of fused-ring (bicyclic) bond motifs is 1. The zero-order valence-corrected chi connectivity index (χ0v) is 15.1. The van der Waals surface area contributed by atoms with Gasteiger partial charge in [-0.2, -0.15) is 18.3 Å². The zero-order chi connectivity index (χ0) is 18.8. The number of carbonyl (C=O) groups excluding carboxylic acids is 1. The van der Waals surface area contributed by atoms with Crippen LogP contribution in [0, 0.1) is 5.82 Å². The smallest absolute Gasteiger partial charge is 0.360 e. The molecule has 0 saturated carbocycles. The summed E-state index contributed by atoms with van der Waals surface area (Å²) in [6, 6.07) is 3.09. The Morgan fingerprint density at radius 2 is 2.00 bits per heavy atom. The van der Waals surface area contributed by atoms with Gasteiger partial charge in [0.25, 0.3) is 0 Å². The predicted molar refractivity (Wildman–Crippen MR) is 88.5 cm³/mol. The molecule has 138 valence electrons.